The predicted molar refractivity (Wildman–Crippen MR) is 110 cm³/mol. The third kappa shape index (κ3) is 3.60. The van der Waals surface area contributed by atoms with Crippen molar-refractivity contribution in [3.63, 3.8) is 0 Å². The number of phenols is 2. The molecule has 0 saturated heterocycles. The molecule has 0 radical (unpaired) electrons. The van der Waals surface area contributed by atoms with Gasteiger partial charge in [-0.2, -0.15) is 5.10 Å². The Bertz CT molecular complexity index is 1200. The average Bonchev–Trinajstić information content (AvgIpc) is 3.40. The van der Waals surface area contributed by atoms with E-state index in [0.29, 0.717) is 27.7 Å². The van der Waals surface area contributed by atoms with Gasteiger partial charge in [0.1, 0.15) is 23.5 Å². The summed E-state index contributed by atoms with van der Waals surface area (Å²) in [4.78, 5) is 14.3. The molecule has 2 aromatic carbocycles. The predicted octanol–water partition coefficient (Wildman–Crippen LogP) is 3.86. The van der Waals surface area contributed by atoms with E-state index in [1.807, 2.05) is 6.07 Å². The first-order chi connectivity index (χ1) is 14.5. The molecule has 9 heteroatoms. The lowest BCUT2D eigenvalue weighted by Gasteiger charge is -2.18. The number of hydrogen-bond acceptors (Lipinski definition) is 6. The van der Waals surface area contributed by atoms with Crippen LogP contribution in [0.1, 0.15) is 16.1 Å². The number of hydrogen-bond donors (Lipinski definition) is 2. The quantitative estimate of drug-likeness (QED) is 0.504. The summed E-state index contributed by atoms with van der Waals surface area (Å²) in [6.07, 6.45) is 2.98. The Balaban J connectivity index is 1.74. The van der Waals surface area contributed by atoms with Crippen molar-refractivity contribution in [1.29, 1.82) is 0 Å². The van der Waals surface area contributed by atoms with Crippen LogP contribution in [0.5, 0.6) is 11.5 Å². The van der Waals surface area contributed by atoms with Gasteiger partial charge in [-0.1, -0.05) is 28.9 Å². The molecule has 8 nitrogen and oxygen atoms in total. The minimum absolute atomic E-state index is 0.0284. The molecule has 4 rings (SSSR count). The third-order valence-corrected chi connectivity index (χ3v) is 4.90. The van der Waals surface area contributed by atoms with Gasteiger partial charge < -0.3 is 19.6 Å². The summed E-state index contributed by atoms with van der Waals surface area (Å²) in [7, 11) is 1.58. The van der Waals surface area contributed by atoms with Gasteiger partial charge in [-0.15, -0.1) is 0 Å². The Kier molecular flexibility index (Phi) is 5.16. The topological polar surface area (TPSA) is 105 Å². The van der Waals surface area contributed by atoms with Crippen LogP contribution >= 0.6 is 11.6 Å². The van der Waals surface area contributed by atoms with Crippen LogP contribution in [0, 0.1) is 0 Å². The number of halogens is 1. The summed E-state index contributed by atoms with van der Waals surface area (Å²) >= 11 is 6.29. The van der Waals surface area contributed by atoms with Crippen molar-refractivity contribution in [3.05, 3.63) is 77.3 Å². The van der Waals surface area contributed by atoms with Gasteiger partial charge in [-0.05, 0) is 24.3 Å². The highest BCUT2D eigenvalue weighted by atomic mass is 35.5. The van der Waals surface area contributed by atoms with E-state index in [4.69, 9.17) is 16.1 Å². The van der Waals surface area contributed by atoms with Crippen LogP contribution < -0.4 is 0 Å². The molecule has 0 unspecified atom stereocenters. The monoisotopic (exact) mass is 424 g/mol. The maximum Gasteiger partial charge on any atom is 0.257 e. The van der Waals surface area contributed by atoms with E-state index in [2.05, 4.69) is 10.3 Å². The van der Waals surface area contributed by atoms with Crippen molar-refractivity contribution < 1.29 is 19.5 Å². The maximum absolute atomic E-state index is 12.9. The first-order valence-corrected chi connectivity index (χ1v) is 9.33. The number of rotatable bonds is 5. The number of para-hydroxylation sites is 1. The number of benzene rings is 2. The number of carbonyl (C=O) groups excluding carboxylic acids is 1. The van der Waals surface area contributed by atoms with Gasteiger partial charge in [0.05, 0.1) is 34.7 Å². The van der Waals surface area contributed by atoms with E-state index in [-0.39, 0.29) is 23.6 Å². The van der Waals surface area contributed by atoms with Crippen molar-refractivity contribution in [2.75, 3.05) is 7.05 Å². The second-order valence-electron chi connectivity index (χ2n) is 6.62. The first-order valence-electron chi connectivity index (χ1n) is 8.95. The third-order valence-electron chi connectivity index (χ3n) is 4.58. The zero-order chi connectivity index (χ0) is 21.3. The van der Waals surface area contributed by atoms with Gasteiger partial charge >= 0.3 is 0 Å². The summed E-state index contributed by atoms with van der Waals surface area (Å²) in [6.45, 7) is 0.197. The minimum Gasteiger partial charge on any atom is -0.507 e. The van der Waals surface area contributed by atoms with E-state index in [1.165, 1.54) is 17.2 Å². The molecule has 0 spiro atoms. The molecule has 4 aromatic rings. The molecule has 2 heterocycles. The fourth-order valence-corrected chi connectivity index (χ4v) is 3.33. The second-order valence-corrected chi connectivity index (χ2v) is 7.03. The summed E-state index contributed by atoms with van der Waals surface area (Å²) in [5.74, 6) is -0.977. The van der Waals surface area contributed by atoms with Gasteiger partial charge in [0.25, 0.3) is 5.91 Å². The zero-order valence-corrected chi connectivity index (χ0v) is 16.6. The van der Waals surface area contributed by atoms with Crippen LogP contribution in [0.4, 0.5) is 0 Å². The van der Waals surface area contributed by atoms with E-state index >= 15 is 0 Å². The highest BCUT2D eigenvalue weighted by Crippen LogP contribution is 2.37. The Morgan fingerprint density at radius 1 is 1.17 bits per heavy atom. The lowest BCUT2D eigenvalue weighted by atomic mass is 10.0. The summed E-state index contributed by atoms with van der Waals surface area (Å²) in [5.41, 5.74) is 2.04. The fourth-order valence-electron chi connectivity index (χ4n) is 3.12. The van der Waals surface area contributed by atoms with Crippen LogP contribution in [-0.4, -0.2) is 43.0 Å². The number of phenolic OH excluding ortho intramolecular Hbond substituents is 2. The Morgan fingerprint density at radius 2 is 1.97 bits per heavy atom. The fraction of sp³-hybridized carbons (Fsp3) is 0.0952. The highest BCUT2D eigenvalue weighted by Gasteiger charge is 2.22. The van der Waals surface area contributed by atoms with Crippen molar-refractivity contribution in [2.45, 2.75) is 6.54 Å². The van der Waals surface area contributed by atoms with Crippen molar-refractivity contribution in [2.24, 2.45) is 0 Å². The summed E-state index contributed by atoms with van der Waals surface area (Å²) in [6, 6.07) is 13.0. The zero-order valence-electron chi connectivity index (χ0n) is 15.9. The van der Waals surface area contributed by atoms with Crippen molar-refractivity contribution in [1.82, 2.24) is 19.8 Å². The molecule has 2 aromatic heterocycles. The number of nitrogens with zero attached hydrogens (tertiary/aromatic N) is 4. The van der Waals surface area contributed by atoms with Crippen LogP contribution in [0.15, 0.2) is 65.5 Å². The van der Waals surface area contributed by atoms with Gasteiger partial charge in [0.15, 0.2) is 0 Å². The molecule has 0 aliphatic heterocycles. The molecule has 1 amide bonds. The number of aromatic nitrogens is 3. The molecule has 152 valence electrons. The molecule has 0 aliphatic rings. The molecule has 30 heavy (non-hydrogen) atoms. The first kappa shape index (κ1) is 19.5. The molecule has 0 aliphatic carbocycles. The molecule has 0 atom stereocenters. The van der Waals surface area contributed by atoms with E-state index in [9.17, 15) is 15.0 Å². The average molecular weight is 425 g/mol. The smallest absolute Gasteiger partial charge is 0.257 e. The molecular formula is C21H17ClN4O4. The van der Waals surface area contributed by atoms with Crippen molar-refractivity contribution >= 4 is 17.5 Å². The Hall–Kier alpha value is -3.78. The largest absolute Gasteiger partial charge is 0.507 e. The molecule has 0 fully saturated rings. The van der Waals surface area contributed by atoms with Crippen LogP contribution in [-0.2, 0) is 6.54 Å². The highest BCUT2D eigenvalue weighted by molar-refractivity contribution is 6.32. The number of carbonyl (C=O) groups is 1. The van der Waals surface area contributed by atoms with Gasteiger partial charge in [0.2, 0.25) is 0 Å². The van der Waals surface area contributed by atoms with Crippen LogP contribution in [0.2, 0.25) is 5.02 Å². The van der Waals surface area contributed by atoms with Gasteiger partial charge in [0, 0.05) is 24.7 Å². The number of aromatic hydroxyl groups is 2. The van der Waals surface area contributed by atoms with Crippen LogP contribution in [0.25, 0.3) is 16.9 Å². The van der Waals surface area contributed by atoms with Crippen molar-refractivity contribution in [3.8, 4) is 28.4 Å². The normalized spacial score (nSPS) is 10.9. The molecule has 2 N–H and O–H groups in total. The van der Waals surface area contributed by atoms with Crippen LogP contribution in [0.3, 0.4) is 0 Å². The van der Waals surface area contributed by atoms with E-state index in [1.54, 1.807) is 48.3 Å². The second kappa shape index (κ2) is 7.92. The Morgan fingerprint density at radius 3 is 2.70 bits per heavy atom. The summed E-state index contributed by atoms with van der Waals surface area (Å²) < 4.78 is 6.34. The standard InChI is InChI=1S/C21H17ClN4O4/c1-25(12-13-7-9-30-24-13)21(29)15-10-14(19(27)11-20(15)28)17-6-8-23-26(17)18-5-3-2-4-16(18)22/h2-11,27-28H,12H2,1H3. The minimum atomic E-state index is -0.444. The molecule has 0 bridgehead atoms. The summed E-state index contributed by atoms with van der Waals surface area (Å²) in [5, 5.41) is 29.3. The van der Waals surface area contributed by atoms with E-state index in [0.717, 1.165) is 6.07 Å². The number of amides is 1. The maximum atomic E-state index is 12.9. The van der Waals surface area contributed by atoms with Gasteiger partial charge in [-0.3, -0.25) is 4.79 Å². The van der Waals surface area contributed by atoms with Gasteiger partial charge in [-0.25, -0.2) is 4.68 Å². The van der Waals surface area contributed by atoms with E-state index < -0.39 is 5.91 Å². The lowest BCUT2D eigenvalue weighted by Crippen LogP contribution is -2.26. The molecule has 0 saturated carbocycles. The lowest BCUT2D eigenvalue weighted by molar-refractivity contribution is 0.0779. The molecular weight excluding hydrogens is 408 g/mol. The SMILES string of the molecule is CN(Cc1ccon1)C(=O)c1cc(-c2ccnn2-c2ccccc2Cl)c(O)cc1O. The Labute approximate surface area is 176 Å².